The largest absolute Gasteiger partial charge is 0.550 e. The minimum atomic E-state index is -1.26. The van der Waals surface area contributed by atoms with Gasteiger partial charge in [0.1, 0.15) is 0 Å². The lowest BCUT2D eigenvalue weighted by atomic mass is 10.0. The van der Waals surface area contributed by atoms with Crippen LogP contribution in [0, 0.1) is 0 Å². The zero-order valence-electron chi connectivity index (χ0n) is 11.7. The Balaban J connectivity index is 2.16. The number of hydrogen-bond donors (Lipinski definition) is 1. The van der Waals surface area contributed by atoms with Crippen LogP contribution in [0.1, 0.15) is 21.6 Å². The Hall–Kier alpha value is -2.30. The van der Waals surface area contributed by atoms with Crippen molar-refractivity contribution < 1.29 is 14.7 Å². The number of aromatic nitrogens is 1. The second-order valence-corrected chi connectivity index (χ2v) is 5.93. The Morgan fingerprint density at radius 1 is 1.00 bits per heavy atom. The number of H-pyrrole nitrogens is 1. The number of carbonyl (C=O) groups is 2. The Morgan fingerprint density at radius 3 is 2.30 bits per heavy atom. The van der Waals surface area contributed by atoms with Gasteiger partial charge in [-0.2, -0.15) is 0 Å². The van der Waals surface area contributed by atoms with Gasteiger partial charge in [0.05, 0.1) is 5.69 Å². The summed E-state index contributed by atoms with van der Waals surface area (Å²) in [5.41, 5.74) is 1.61. The first kappa shape index (κ1) is 15.6. The molecule has 23 heavy (non-hydrogen) atoms. The summed E-state index contributed by atoms with van der Waals surface area (Å²) < 4.78 is 0. The minimum absolute atomic E-state index is 0.216. The van der Waals surface area contributed by atoms with Crippen molar-refractivity contribution in [2.45, 2.75) is 6.42 Å². The molecular formula is C17H10Cl2NO3-. The summed E-state index contributed by atoms with van der Waals surface area (Å²) in [5, 5.41) is 12.7. The molecule has 0 aliphatic rings. The molecule has 0 amide bonds. The Labute approximate surface area is 141 Å². The van der Waals surface area contributed by atoms with Crippen molar-refractivity contribution in [2.24, 2.45) is 0 Å². The molecule has 1 aromatic heterocycles. The first-order chi connectivity index (χ1) is 11.0. The maximum absolute atomic E-state index is 12.7. The number of carboxylic acids is 1. The quantitative estimate of drug-likeness (QED) is 0.738. The highest BCUT2D eigenvalue weighted by atomic mass is 35.5. The lowest BCUT2D eigenvalue weighted by Crippen LogP contribution is -2.25. The number of nitrogens with one attached hydrogen (secondary N) is 1. The Morgan fingerprint density at radius 2 is 1.65 bits per heavy atom. The number of benzene rings is 2. The Kier molecular flexibility index (Phi) is 4.11. The van der Waals surface area contributed by atoms with Gasteiger partial charge in [-0.15, -0.1) is 0 Å². The molecule has 0 bridgehead atoms. The van der Waals surface area contributed by atoms with E-state index in [9.17, 15) is 14.7 Å². The second-order valence-electron chi connectivity index (χ2n) is 5.05. The maximum Gasteiger partial charge on any atom is 0.209 e. The van der Waals surface area contributed by atoms with E-state index in [2.05, 4.69) is 4.98 Å². The predicted molar refractivity (Wildman–Crippen MR) is 86.9 cm³/mol. The van der Waals surface area contributed by atoms with Gasteiger partial charge in [0.15, 0.2) is 0 Å². The van der Waals surface area contributed by atoms with Gasteiger partial charge >= 0.3 is 0 Å². The Bertz CT molecular complexity index is 913. The van der Waals surface area contributed by atoms with Crippen LogP contribution in [-0.4, -0.2) is 16.7 Å². The van der Waals surface area contributed by atoms with Crippen molar-refractivity contribution in [3.05, 3.63) is 69.3 Å². The van der Waals surface area contributed by atoms with Crippen LogP contribution in [0.25, 0.3) is 10.9 Å². The van der Waals surface area contributed by atoms with E-state index < -0.39 is 5.97 Å². The number of ketones is 1. The van der Waals surface area contributed by atoms with Crippen LogP contribution in [0.4, 0.5) is 0 Å². The number of carbonyl (C=O) groups excluding carboxylic acids is 2. The van der Waals surface area contributed by atoms with Gasteiger partial charge in [-0.05, 0) is 42.0 Å². The molecule has 2 aromatic carbocycles. The third-order valence-corrected chi connectivity index (χ3v) is 4.01. The molecule has 0 fully saturated rings. The van der Waals surface area contributed by atoms with Gasteiger partial charge in [0.2, 0.25) is 5.78 Å². The molecule has 1 heterocycles. The van der Waals surface area contributed by atoms with E-state index in [1.165, 1.54) is 0 Å². The molecule has 6 heteroatoms. The van der Waals surface area contributed by atoms with E-state index in [-0.39, 0.29) is 17.9 Å². The second kappa shape index (κ2) is 6.07. The zero-order chi connectivity index (χ0) is 16.6. The lowest BCUT2D eigenvalue weighted by molar-refractivity contribution is -0.304. The van der Waals surface area contributed by atoms with Crippen molar-refractivity contribution in [1.82, 2.24) is 4.98 Å². The molecule has 0 aliphatic heterocycles. The third-order valence-electron chi connectivity index (χ3n) is 3.52. The molecule has 0 aliphatic carbocycles. The van der Waals surface area contributed by atoms with Gasteiger partial charge in [-0.3, -0.25) is 4.79 Å². The summed E-state index contributed by atoms with van der Waals surface area (Å²) in [6.07, 6.45) is -0.365. The SMILES string of the molecule is O=C([O-])Cc1c(C(=O)c2ccc(Cl)cc2)[nH]c2cc(Cl)ccc12. The molecule has 1 N–H and O–H groups in total. The summed E-state index contributed by atoms with van der Waals surface area (Å²) >= 11 is 11.8. The average Bonchev–Trinajstić information content (AvgIpc) is 2.84. The van der Waals surface area contributed by atoms with Gasteiger partial charge in [-0.25, -0.2) is 0 Å². The highest BCUT2D eigenvalue weighted by molar-refractivity contribution is 6.31. The fourth-order valence-electron chi connectivity index (χ4n) is 2.50. The van der Waals surface area contributed by atoms with Crippen molar-refractivity contribution in [3.8, 4) is 0 Å². The van der Waals surface area contributed by atoms with E-state index in [0.29, 0.717) is 32.1 Å². The van der Waals surface area contributed by atoms with Crippen LogP contribution < -0.4 is 5.11 Å². The van der Waals surface area contributed by atoms with E-state index >= 15 is 0 Å². The smallest absolute Gasteiger partial charge is 0.209 e. The van der Waals surface area contributed by atoms with Gasteiger partial charge in [0.25, 0.3) is 0 Å². The topological polar surface area (TPSA) is 73.0 Å². The molecule has 116 valence electrons. The molecule has 3 aromatic rings. The first-order valence-electron chi connectivity index (χ1n) is 6.76. The van der Waals surface area contributed by atoms with Crippen LogP contribution in [0.2, 0.25) is 10.0 Å². The number of rotatable bonds is 4. The van der Waals surface area contributed by atoms with Crippen molar-refractivity contribution in [1.29, 1.82) is 0 Å². The highest BCUT2D eigenvalue weighted by Gasteiger charge is 2.19. The van der Waals surface area contributed by atoms with Gasteiger partial charge < -0.3 is 14.9 Å². The van der Waals surface area contributed by atoms with E-state index in [4.69, 9.17) is 23.2 Å². The van der Waals surface area contributed by atoms with Crippen molar-refractivity contribution in [2.75, 3.05) is 0 Å². The summed E-state index contributed by atoms with van der Waals surface area (Å²) in [7, 11) is 0. The normalized spacial score (nSPS) is 10.9. The van der Waals surface area contributed by atoms with Crippen molar-refractivity contribution in [3.63, 3.8) is 0 Å². The molecule has 4 nitrogen and oxygen atoms in total. The minimum Gasteiger partial charge on any atom is -0.550 e. The maximum atomic E-state index is 12.7. The van der Waals surface area contributed by atoms with Crippen LogP contribution in [0.3, 0.4) is 0 Å². The average molecular weight is 347 g/mol. The van der Waals surface area contributed by atoms with Gasteiger partial charge in [0, 0.05) is 38.9 Å². The summed E-state index contributed by atoms with van der Waals surface area (Å²) in [6.45, 7) is 0. The van der Waals surface area contributed by atoms with Crippen LogP contribution >= 0.6 is 23.2 Å². The van der Waals surface area contributed by atoms with Gasteiger partial charge in [-0.1, -0.05) is 29.3 Å². The summed E-state index contributed by atoms with van der Waals surface area (Å²) in [4.78, 5) is 26.7. The molecule has 0 unspecified atom stereocenters. The van der Waals surface area contributed by atoms with Crippen LogP contribution in [-0.2, 0) is 11.2 Å². The number of aromatic amines is 1. The number of hydrogen-bond acceptors (Lipinski definition) is 3. The summed E-state index contributed by atoms with van der Waals surface area (Å²) in [6, 6.07) is 11.4. The molecule has 3 rings (SSSR count). The molecular weight excluding hydrogens is 337 g/mol. The lowest BCUT2D eigenvalue weighted by Gasteiger charge is -2.05. The van der Waals surface area contributed by atoms with Crippen molar-refractivity contribution >= 4 is 45.9 Å². The molecule has 0 atom stereocenters. The molecule has 0 saturated heterocycles. The van der Waals surface area contributed by atoms with Crippen LogP contribution in [0.15, 0.2) is 42.5 Å². The zero-order valence-corrected chi connectivity index (χ0v) is 13.2. The summed E-state index contributed by atoms with van der Waals surface area (Å²) in [5.74, 6) is -1.57. The first-order valence-corrected chi connectivity index (χ1v) is 7.51. The number of carboxylic acid groups (broad SMARTS) is 1. The van der Waals surface area contributed by atoms with E-state index in [0.717, 1.165) is 0 Å². The molecule has 0 spiro atoms. The predicted octanol–water partition coefficient (Wildman–Crippen LogP) is 3.00. The highest BCUT2D eigenvalue weighted by Crippen LogP contribution is 2.27. The molecule has 0 radical (unpaired) electrons. The molecule has 0 saturated carbocycles. The fraction of sp³-hybridized carbons (Fsp3) is 0.0588. The monoisotopic (exact) mass is 346 g/mol. The number of halogens is 2. The standard InChI is InChI=1S/C17H11Cl2NO3/c18-10-3-1-9(2-4-10)17(23)16-13(8-15(21)22)12-6-5-11(19)7-14(12)20-16/h1-7,20H,8H2,(H,21,22)/p-1. The van der Waals surface area contributed by atoms with Crippen LogP contribution in [0.5, 0.6) is 0 Å². The van der Waals surface area contributed by atoms with E-state index in [1.54, 1.807) is 42.5 Å². The number of fused-ring (bicyclic) bond motifs is 1. The third kappa shape index (κ3) is 3.09. The number of aliphatic carboxylic acids is 1. The fourth-order valence-corrected chi connectivity index (χ4v) is 2.79. The van der Waals surface area contributed by atoms with E-state index in [1.807, 2.05) is 0 Å².